The molecule has 3 aliphatic rings. The smallest absolute Gasteiger partial charge is 0.262 e. The van der Waals surface area contributed by atoms with Crippen LogP contribution in [0.4, 0.5) is 5.69 Å². The van der Waals surface area contributed by atoms with E-state index in [1.54, 1.807) is 0 Å². The van der Waals surface area contributed by atoms with E-state index in [1.165, 1.54) is 0 Å². The van der Waals surface area contributed by atoms with Crippen LogP contribution in [0.3, 0.4) is 0 Å². The summed E-state index contributed by atoms with van der Waals surface area (Å²) in [6.45, 7) is 12.3. The first-order valence-electron chi connectivity index (χ1n) is 14.4. The Labute approximate surface area is 261 Å². The van der Waals surface area contributed by atoms with Gasteiger partial charge in [0, 0.05) is 48.4 Å². The molecule has 0 atom stereocenters. The molecule has 222 valence electrons. The molecule has 2 aromatic carbocycles. The second-order valence-corrected chi connectivity index (χ2v) is 14.2. The maximum Gasteiger partial charge on any atom is 0.262 e. The fraction of sp³-hybridized carbons (Fsp3) is 0.441. The first-order valence-corrected chi connectivity index (χ1v) is 15.5. The summed E-state index contributed by atoms with van der Waals surface area (Å²) in [5.74, 6) is 1.45. The Hall–Kier alpha value is -3.14. The van der Waals surface area contributed by atoms with Crippen molar-refractivity contribution < 1.29 is 28.6 Å². The molecule has 7 nitrogen and oxygen atoms in total. The Bertz CT molecular complexity index is 1480. The zero-order valence-corrected chi connectivity index (χ0v) is 27.3. The van der Waals surface area contributed by atoms with Crippen molar-refractivity contribution in [1.29, 1.82) is 0 Å². The van der Waals surface area contributed by atoms with Crippen molar-refractivity contribution in [3.8, 4) is 11.5 Å². The molecule has 0 bridgehead atoms. The summed E-state index contributed by atoms with van der Waals surface area (Å²) < 4.78 is 19.2. The molecule has 5 rings (SSSR count). The van der Waals surface area contributed by atoms with Gasteiger partial charge in [0.2, 0.25) is 0 Å². The minimum Gasteiger partial charge on any atom is -0.490 e. The lowest BCUT2D eigenvalue weighted by molar-refractivity contribution is -0.120. The van der Waals surface area contributed by atoms with Gasteiger partial charge >= 0.3 is 0 Å². The van der Waals surface area contributed by atoms with Gasteiger partial charge in [0.25, 0.3) is 5.91 Å². The Morgan fingerprint density at radius 3 is 2.12 bits per heavy atom. The number of halogens is 1. The van der Waals surface area contributed by atoms with E-state index in [-0.39, 0.29) is 34.9 Å². The van der Waals surface area contributed by atoms with Gasteiger partial charge in [-0.05, 0) is 76.6 Å². The molecule has 0 spiro atoms. The lowest BCUT2D eigenvalue weighted by Crippen LogP contribution is -2.37. The van der Waals surface area contributed by atoms with Crippen molar-refractivity contribution in [1.82, 2.24) is 0 Å². The van der Waals surface area contributed by atoms with Gasteiger partial charge in [-0.15, -0.1) is 0 Å². The summed E-state index contributed by atoms with van der Waals surface area (Å²) in [6.07, 6.45) is 2.03. The van der Waals surface area contributed by atoms with Crippen LogP contribution >= 0.6 is 22.6 Å². The Morgan fingerprint density at radius 1 is 0.952 bits per heavy atom. The number of benzene rings is 2. The number of nitrogens with one attached hydrogen (secondary N) is 1. The van der Waals surface area contributed by atoms with Gasteiger partial charge in [-0.1, -0.05) is 45.9 Å². The quantitative estimate of drug-likeness (QED) is 0.306. The number of para-hydroxylation sites is 1. The number of Topliss-reactive ketones (excluding diaryl/α,β-unsaturated/α-hetero) is 2. The highest BCUT2D eigenvalue weighted by Gasteiger charge is 2.48. The van der Waals surface area contributed by atoms with E-state index >= 15 is 0 Å². The predicted molar refractivity (Wildman–Crippen MR) is 170 cm³/mol. The molecule has 2 aliphatic carbocycles. The number of amides is 1. The number of ketones is 2. The molecule has 0 fully saturated rings. The zero-order valence-electron chi connectivity index (χ0n) is 25.1. The molecule has 42 heavy (non-hydrogen) atoms. The van der Waals surface area contributed by atoms with Gasteiger partial charge in [-0.25, -0.2) is 0 Å². The van der Waals surface area contributed by atoms with Crippen molar-refractivity contribution in [2.75, 3.05) is 18.5 Å². The number of ether oxygens (including phenoxy) is 3. The largest absolute Gasteiger partial charge is 0.490 e. The first-order chi connectivity index (χ1) is 19.8. The van der Waals surface area contributed by atoms with E-state index in [9.17, 15) is 14.4 Å². The Balaban J connectivity index is 1.53. The number of aryl methyl sites for hydroxylation is 1. The van der Waals surface area contributed by atoms with E-state index < -0.39 is 5.92 Å². The summed E-state index contributed by atoms with van der Waals surface area (Å²) in [5, 5.41) is 2.89. The van der Waals surface area contributed by atoms with Crippen LogP contribution in [0.25, 0.3) is 0 Å². The number of anilines is 1. The van der Waals surface area contributed by atoms with E-state index in [4.69, 9.17) is 14.2 Å². The van der Waals surface area contributed by atoms with Gasteiger partial charge < -0.3 is 19.5 Å². The standard InChI is InChI=1S/C34H38INO6/c1-7-40-25-13-20(12-21(35)32(25)41-18-28(39)36-22-11-9-8-10-19(22)2)29-30-23(37)14-33(3,4)16-26(30)42-27-17-34(5,6)15-24(38)31(27)29/h8-13,29H,7,14-18H2,1-6H3,(H,36,39). The van der Waals surface area contributed by atoms with Crippen LogP contribution in [0, 0.1) is 21.3 Å². The molecule has 0 saturated carbocycles. The third-order valence-corrected chi connectivity index (χ3v) is 8.81. The average Bonchev–Trinajstić information content (AvgIpc) is 2.87. The Morgan fingerprint density at radius 2 is 1.55 bits per heavy atom. The minimum atomic E-state index is -0.540. The van der Waals surface area contributed by atoms with E-state index in [0.717, 1.165) is 20.4 Å². The third-order valence-electron chi connectivity index (χ3n) is 8.01. The van der Waals surface area contributed by atoms with Crippen LogP contribution in [0.15, 0.2) is 59.1 Å². The van der Waals surface area contributed by atoms with Crippen molar-refractivity contribution in [3.63, 3.8) is 0 Å². The fourth-order valence-electron chi connectivity index (χ4n) is 6.20. The van der Waals surface area contributed by atoms with Crippen LogP contribution in [0.5, 0.6) is 11.5 Å². The first kappa shape index (κ1) is 30.3. The monoisotopic (exact) mass is 683 g/mol. The number of allylic oxidation sites excluding steroid dienone is 4. The normalized spacial score (nSPS) is 19.6. The third kappa shape index (κ3) is 6.14. The highest BCUT2D eigenvalue weighted by Crippen LogP contribution is 2.54. The molecule has 1 aliphatic heterocycles. The van der Waals surface area contributed by atoms with E-state index in [0.29, 0.717) is 66.5 Å². The molecule has 0 saturated heterocycles. The van der Waals surface area contributed by atoms with Crippen molar-refractivity contribution in [3.05, 3.63) is 73.8 Å². The molecule has 0 unspecified atom stereocenters. The van der Waals surface area contributed by atoms with Crippen LogP contribution in [0.2, 0.25) is 0 Å². The lowest BCUT2D eigenvalue weighted by Gasteiger charge is -2.42. The SMILES string of the molecule is CCOc1cc(C2C3=C(CC(C)(C)CC3=O)OC3=C2C(=O)CC(C)(C)C3)cc(I)c1OCC(=O)Nc1ccccc1C. The van der Waals surface area contributed by atoms with Crippen LogP contribution in [-0.2, 0) is 19.1 Å². The summed E-state index contributed by atoms with van der Waals surface area (Å²) >= 11 is 2.17. The van der Waals surface area contributed by atoms with Crippen LogP contribution in [0.1, 0.15) is 77.3 Å². The molecule has 1 heterocycles. The second-order valence-electron chi connectivity index (χ2n) is 13.0. The topological polar surface area (TPSA) is 90.9 Å². The molecular weight excluding hydrogens is 645 g/mol. The molecule has 0 radical (unpaired) electrons. The molecule has 8 heteroatoms. The summed E-state index contributed by atoms with van der Waals surface area (Å²) in [4.78, 5) is 40.1. The maximum atomic E-state index is 13.7. The van der Waals surface area contributed by atoms with E-state index in [2.05, 4.69) is 55.6 Å². The molecule has 1 N–H and O–H groups in total. The van der Waals surface area contributed by atoms with E-state index in [1.807, 2.05) is 50.2 Å². The fourth-order valence-corrected chi connectivity index (χ4v) is 6.98. The second kappa shape index (κ2) is 11.5. The summed E-state index contributed by atoms with van der Waals surface area (Å²) in [5.41, 5.74) is 3.16. The van der Waals surface area contributed by atoms with Gasteiger partial charge in [0.1, 0.15) is 11.5 Å². The maximum absolute atomic E-state index is 13.7. The van der Waals surface area contributed by atoms with Gasteiger partial charge in [0.05, 0.1) is 10.2 Å². The average molecular weight is 684 g/mol. The summed E-state index contributed by atoms with van der Waals surface area (Å²) in [6, 6.07) is 11.3. The molecule has 2 aromatic rings. The summed E-state index contributed by atoms with van der Waals surface area (Å²) in [7, 11) is 0. The molecule has 0 aromatic heterocycles. The minimum absolute atomic E-state index is 0.0107. The van der Waals surface area contributed by atoms with Gasteiger partial charge in [-0.3, -0.25) is 14.4 Å². The van der Waals surface area contributed by atoms with Crippen molar-refractivity contribution in [2.45, 2.75) is 73.1 Å². The number of carbonyl (C=O) groups is 3. The number of hydrogen-bond acceptors (Lipinski definition) is 6. The number of carbonyl (C=O) groups excluding carboxylic acids is 3. The van der Waals surface area contributed by atoms with Crippen LogP contribution in [-0.4, -0.2) is 30.7 Å². The number of rotatable bonds is 7. The Kier molecular flexibility index (Phi) is 8.31. The highest BCUT2D eigenvalue weighted by atomic mass is 127. The van der Waals surface area contributed by atoms with Gasteiger partial charge in [-0.2, -0.15) is 0 Å². The number of hydrogen-bond donors (Lipinski definition) is 1. The predicted octanol–water partition coefficient (Wildman–Crippen LogP) is 7.42. The van der Waals surface area contributed by atoms with Crippen molar-refractivity contribution in [2.24, 2.45) is 10.8 Å². The highest BCUT2D eigenvalue weighted by molar-refractivity contribution is 14.1. The molecule has 1 amide bonds. The lowest BCUT2D eigenvalue weighted by atomic mass is 9.65. The zero-order chi connectivity index (χ0) is 30.4. The van der Waals surface area contributed by atoms with Crippen molar-refractivity contribution >= 4 is 45.8 Å². The van der Waals surface area contributed by atoms with Crippen LogP contribution < -0.4 is 14.8 Å². The van der Waals surface area contributed by atoms with Gasteiger partial charge in [0.15, 0.2) is 29.7 Å². The molecular formula is C34H38INO6.